The molecule has 1 N–H and O–H groups in total. The van der Waals surface area contributed by atoms with Crippen LogP contribution in [0.1, 0.15) is 51.3 Å². The van der Waals surface area contributed by atoms with Crippen molar-refractivity contribution in [2.75, 3.05) is 0 Å². The third kappa shape index (κ3) is 2.31. The fourth-order valence-electron chi connectivity index (χ4n) is 2.36. The highest BCUT2D eigenvalue weighted by atomic mass is 19.3. The first-order valence-electron chi connectivity index (χ1n) is 6.20. The third-order valence-corrected chi connectivity index (χ3v) is 3.88. The molecule has 2 atom stereocenters. The van der Waals surface area contributed by atoms with Crippen molar-refractivity contribution in [3.63, 3.8) is 0 Å². The van der Waals surface area contributed by atoms with Crippen LogP contribution in [0, 0.1) is 0 Å². The molecule has 0 spiro atoms. The van der Waals surface area contributed by atoms with E-state index in [2.05, 4.69) is 15.5 Å². The van der Waals surface area contributed by atoms with Gasteiger partial charge in [-0.3, -0.25) is 0 Å². The monoisotopic (exact) mass is 274 g/mol. The van der Waals surface area contributed by atoms with Crippen LogP contribution in [0.3, 0.4) is 0 Å². The van der Waals surface area contributed by atoms with E-state index in [-0.39, 0.29) is 31.5 Å². The van der Waals surface area contributed by atoms with Gasteiger partial charge in [0, 0.05) is 18.8 Å². The standard InChI is InChI=1S/C11H16F2N4O2/c1-3-10(2,9(18)19)17-8(14-15-16-17)7-4-5-11(12,13)6-7/h7H,3-6H2,1-2H3,(H,18,19). The molecule has 8 heteroatoms. The summed E-state index contributed by atoms with van der Waals surface area (Å²) >= 11 is 0. The van der Waals surface area contributed by atoms with Crippen LogP contribution in [-0.4, -0.2) is 37.2 Å². The number of aromatic nitrogens is 4. The molecule has 1 saturated carbocycles. The first-order valence-corrected chi connectivity index (χ1v) is 6.20. The van der Waals surface area contributed by atoms with Crippen molar-refractivity contribution >= 4 is 5.97 Å². The van der Waals surface area contributed by atoms with Gasteiger partial charge < -0.3 is 5.11 Å². The molecule has 106 valence electrons. The van der Waals surface area contributed by atoms with Gasteiger partial charge in [0.25, 0.3) is 0 Å². The number of nitrogens with zero attached hydrogens (tertiary/aromatic N) is 4. The highest BCUT2D eigenvalue weighted by molar-refractivity contribution is 5.76. The molecule has 0 aliphatic heterocycles. The van der Waals surface area contributed by atoms with Crippen molar-refractivity contribution in [3.8, 4) is 0 Å². The summed E-state index contributed by atoms with van der Waals surface area (Å²) in [6.07, 6.45) is 0.00347. The Bertz CT molecular complexity index is 491. The fraction of sp³-hybridized carbons (Fsp3) is 0.818. The van der Waals surface area contributed by atoms with Crippen molar-refractivity contribution in [2.45, 2.75) is 56.9 Å². The van der Waals surface area contributed by atoms with Crippen molar-refractivity contribution < 1.29 is 18.7 Å². The Balaban J connectivity index is 2.35. The topological polar surface area (TPSA) is 80.9 Å². The summed E-state index contributed by atoms with van der Waals surface area (Å²) in [5.74, 6) is -4.04. The van der Waals surface area contributed by atoms with E-state index in [0.717, 1.165) is 0 Å². The lowest BCUT2D eigenvalue weighted by molar-refractivity contribution is -0.147. The second-order valence-electron chi connectivity index (χ2n) is 5.18. The quantitative estimate of drug-likeness (QED) is 0.905. The Morgan fingerprint density at radius 2 is 2.32 bits per heavy atom. The van der Waals surface area contributed by atoms with Gasteiger partial charge in [-0.15, -0.1) is 5.10 Å². The molecular weight excluding hydrogens is 258 g/mol. The van der Waals surface area contributed by atoms with Gasteiger partial charge in [0.15, 0.2) is 11.4 Å². The molecule has 0 bridgehead atoms. The smallest absolute Gasteiger partial charge is 0.331 e. The van der Waals surface area contributed by atoms with Crippen LogP contribution in [0.4, 0.5) is 8.78 Å². The van der Waals surface area contributed by atoms with Gasteiger partial charge >= 0.3 is 5.97 Å². The van der Waals surface area contributed by atoms with Crippen LogP contribution in [0.15, 0.2) is 0 Å². The van der Waals surface area contributed by atoms with Crippen molar-refractivity contribution in [3.05, 3.63) is 5.82 Å². The molecular formula is C11H16F2N4O2. The van der Waals surface area contributed by atoms with Crippen LogP contribution in [0.2, 0.25) is 0 Å². The molecule has 1 aliphatic carbocycles. The zero-order valence-corrected chi connectivity index (χ0v) is 10.8. The number of tetrazole rings is 1. The summed E-state index contributed by atoms with van der Waals surface area (Å²) in [7, 11) is 0. The molecule has 1 aromatic rings. The minimum atomic E-state index is -2.71. The molecule has 1 aliphatic rings. The number of hydrogen-bond donors (Lipinski definition) is 1. The zero-order chi connectivity index (χ0) is 14.3. The summed E-state index contributed by atoms with van der Waals surface area (Å²) < 4.78 is 27.7. The van der Waals surface area contributed by atoms with Crippen LogP contribution >= 0.6 is 0 Å². The highest BCUT2D eigenvalue weighted by Crippen LogP contribution is 2.44. The second kappa shape index (κ2) is 4.50. The predicted molar refractivity (Wildman–Crippen MR) is 60.9 cm³/mol. The molecule has 1 fully saturated rings. The summed E-state index contributed by atoms with van der Waals surface area (Å²) in [6.45, 7) is 3.19. The molecule has 0 amide bonds. The minimum Gasteiger partial charge on any atom is -0.479 e. The first-order chi connectivity index (χ1) is 8.80. The lowest BCUT2D eigenvalue weighted by Crippen LogP contribution is -2.40. The van der Waals surface area contributed by atoms with E-state index in [4.69, 9.17) is 0 Å². The van der Waals surface area contributed by atoms with Gasteiger partial charge in [-0.1, -0.05) is 6.92 Å². The molecule has 0 saturated heterocycles. The summed E-state index contributed by atoms with van der Waals surface area (Å²) in [6, 6.07) is 0. The van der Waals surface area contributed by atoms with Gasteiger partial charge in [-0.25, -0.2) is 18.3 Å². The van der Waals surface area contributed by atoms with E-state index >= 15 is 0 Å². The third-order valence-electron chi connectivity index (χ3n) is 3.88. The SMILES string of the molecule is CCC(C)(C(=O)O)n1nnnc1C1CCC(F)(F)C1. The lowest BCUT2D eigenvalue weighted by atomic mass is 9.97. The van der Waals surface area contributed by atoms with Gasteiger partial charge in [-0.05, 0) is 30.2 Å². The van der Waals surface area contributed by atoms with E-state index in [0.29, 0.717) is 0 Å². The maximum atomic E-state index is 13.3. The summed E-state index contributed by atoms with van der Waals surface area (Å²) in [5.41, 5.74) is -1.31. The average Bonchev–Trinajstić information content (AvgIpc) is 2.93. The molecule has 0 aromatic carbocycles. The Morgan fingerprint density at radius 1 is 1.63 bits per heavy atom. The molecule has 1 aromatic heterocycles. The minimum absolute atomic E-state index is 0.208. The Labute approximate surface area is 108 Å². The Morgan fingerprint density at radius 3 is 2.79 bits per heavy atom. The van der Waals surface area contributed by atoms with Gasteiger partial charge in [-0.2, -0.15) is 0 Å². The van der Waals surface area contributed by atoms with Crippen LogP contribution in [0.5, 0.6) is 0 Å². The number of carboxylic acid groups (broad SMARTS) is 1. The van der Waals surface area contributed by atoms with E-state index in [1.165, 1.54) is 11.6 Å². The van der Waals surface area contributed by atoms with E-state index in [1.807, 2.05) is 0 Å². The van der Waals surface area contributed by atoms with Gasteiger partial charge in [0.1, 0.15) is 0 Å². The first kappa shape index (κ1) is 13.8. The van der Waals surface area contributed by atoms with Crippen LogP contribution in [0.25, 0.3) is 0 Å². The van der Waals surface area contributed by atoms with E-state index < -0.39 is 23.3 Å². The number of halogens is 2. The molecule has 1 heterocycles. The second-order valence-corrected chi connectivity index (χ2v) is 5.18. The molecule has 0 radical (unpaired) electrons. The number of aliphatic carboxylic acids is 1. The maximum absolute atomic E-state index is 13.3. The van der Waals surface area contributed by atoms with Crippen molar-refractivity contribution in [2.24, 2.45) is 0 Å². The molecule has 2 unspecified atom stereocenters. The van der Waals surface area contributed by atoms with E-state index in [1.54, 1.807) is 6.92 Å². The lowest BCUT2D eigenvalue weighted by Gasteiger charge is -2.25. The Kier molecular flexibility index (Phi) is 3.27. The Hall–Kier alpha value is -1.60. The van der Waals surface area contributed by atoms with Crippen molar-refractivity contribution in [1.82, 2.24) is 20.2 Å². The normalized spacial score (nSPS) is 25.2. The zero-order valence-electron chi connectivity index (χ0n) is 10.8. The molecule has 2 rings (SSSR count). The average molecular weight is 274 g/mol. The van der Waals surface area contributed by atoms with Crippen LogP contribution in [-0.2, 0) is 10.3 Å². The molecule has 19 heavy (non-hydrogen) atoms. The molecule has 6 nitrogen and oxygen atoms in total. The van der Waals surface area contributed by atoms with E-state index in [9.17, 15) is 18.7 Å². The van der Waals surface area contributed by atoms with Crippen LogP contribution < -0.4 is 0 Å². The number of carboxylic acids is 1. The number of carbonyl (C=O) groups is 1. The predicted octanol–water partition coefficient (Wildman–Crippen LogP) is 1.79. The number of rotatable bonds is 4. The van der Waals surface area contributed by atoms with Gasteiger partial charge in [0.2, 0.25) is 5.92 Å². The highest BCUT2D eigenvalue weighted by Gasteiger charge is 2.45. The number of alkyl halides is 2. The fourth-order valence-corrected chi connectivity index (χ4v) is 2.36. The number of hydrogen-bond acceptors (Lipinski definition) is 4. The summed E-state index contributed by atoms with van der Waals surface area (Å²) in [5, 5.41) is 20.2. The van der Waals surface area contributed by atoms with Gasteiger partial charge in [0.05, 0.1) is 0 Å². The van der Waals surface area contributed by atoms with Crippen molar-refractivity contribution in [1.29, 1.82) is 0 Å². The summed E-state index contributed by atoms with van der Waals surface area (Å²) in [4.78, 5) is 11.4. The largest absolute Gasteiger partial charge is 0.479 e. The maximum Gasteiger partial charge on any atom is 0.331 e.